The first-order chi connectivity index (χ1) is 12.5. The van der Waals surface area contributed by atoms with Crippen LogP contribution in [0.5, 0.6) is 5.75 Å². The summed E-state index contributed by atoms with van der Waals surface area (Å²) in [6.45, 7) is 3.24. The van der Waals surface area contributed by atoms with Crippen LogP contribution in [0.3, 0.4) is 0 Å². The molecule has 5 nitrogen and oxygen atoms in total. The first kappa shape index (κ1) is 18.7. The molecule has 1 aliphatic rings. The van der Waals surface area contributed by atoms with Gasteiger partial charge in [-0.1, -0.05) is 18.2 Å². The molecule has 2 aromatic rings. The van der Waals surface area contributed by atoms with Crippen LogP contribution < -0.4 is 14.4 Å². The lowest BCUT2D eigenvalue weighted by atomic mass is 10.2. The van der Waals surface area contributed by atoms with E-state index in [2.05, 4.69) is 9.62 Å². The van der Waals surface area contributed by atoms with Gasteiger partial charge in [0.05, 0.1) is 11.5 Å². The average Bonchev–Trinajstić information content (AvgIpc) is 3.11. The molecule has 3 rings (SSSR count). The van der Waals surface area contributed by atoms with E-state index in [1.807, 2.05) is 30.3 Å². The molecule has 0 saturated carbocycles. The fourth-order valence-electron chi connectivity index (χ4n) is 3.22. The van der Waals surface area contributed by atoms with Crippen LogP contribution in [0.25, 0.3) is 0 Å². The van der Waals surface area contributed by atoms with Crippen molar-refractivity contribution in [3.8, 4) is 5.75 Å². The molecule has 1 atom stereocenters. The fraction of sp³-hybridized carbons (Fsp3) is 0.368. The Balaban J connectivity index is 1.69. The summed E-state index contributed by atoms with van der Waals surface area (Å²) in [6.07, 6.45) is 1.92. The molecule has 0 aromatic heterocycles. The van der Waals surface area contributed by atoms with Crippen molar-refractivity contribution in [2.75, 3.05) is 24.6 Å². The van der Waals surface area contributed by atoms with Crippen LogP contribution in [0, 0.1) is 5.82 Å². The largest absolute Gasteiger partial charge is 0.491 e. The third-order valence-electron chi connectivity index (χ3n) is 4.49. The molecule has 140 valence electrons. The van der Waals surface area contributed by atoms with E-state index >= 15 is 0 Å². The van der Waals surface area contributed by atoms with Crippen molar-refractivity contribution in [1.82, 2.24) is 4.72 Å². The molecule has 0 amide bonds. The minimum absolute atomic E-state index is 0.0532. The summed E-state index contributed by atoms with van der Waals surface area (Å²) in [5.74, 6) is -0.626. The Morgan fingerprint density at radius 2 is 2.00 bits per heavy atom. The summed E-state index contributed by atoms with van der Waals surface area (Å²) in [5, 5.41) is 0. The smallest absolute Gasteiger partial charge is 0.240 e. The number of halogens is 1. The summed E-state index contributed by atoms with van der Waals surface area (Å²) in [5.41, 5.74) is 1.08. The number of ether oxygens (including phenoxy) is 1. The molecular formula is C19H23FN2O3S. The van der Waals surface area contributed by atoms with Gasteiger partial charge in [0.1, 0.15) is 0 Å². The van der Waals surface area contributed by atoms with Gasteiger partial charge in [0, 0.05) is 24.8 Å². The first-order valence-electron chi connectivity index (χ1n) is 8.75. The van der Waals surface area contributed by atoms with E-state index < -0.39 is 15.8 Å². The molecule has 1 heterocycles. The van der Waals surface area contributed by atoms with Gasteiger partial charge in [0.2, 0.25) is 10.0 Å². The third kappa shape index (κ3) is 4.16. The summed E-state index contributed by atoms with van der Waals surface area (Å²) >= 11 is 0. The normalized spacial score (nSPS) is 17.5. The Morgan fingerprint density at radius 1 is 1.23 bits per heavy atom. The molecule has 0 unspecified atom stereocenters. The van der Waals surface area contributed by atoms with Crippen LogP contribution in [-0.4, -0.2) is 34.2 Å². The zero-order chi connectivity index (χ0) is 18.6. The quantitative estimate of drug-likeness (QED) is 0.804. The van der Waals surface area contributed by atoms with Crippen molar-refractivity contribution in [2.24, 2.45) is 0 Å². The number of benzene rings is 2. The van der Waals surface area contributed by atoms with E-state index in [0.717, 1.165) is 31.1 Å². The molecule has 1 fully saturated rings. The van der Waals surface area contributed by atoms with Crippen molar-refractivity contribution < 1.29 is 17.5 Å². The Bertz CT molecular complexity index is 843. The highest BCUT2D eigenvalue weighted by Crippen LogP contribution is 2.25. The standard InChI is InChI=1S/C19H23FN2O3S/c1-2-25-19-11-10-17(13-18(19)20)26(23,24)21-14-16-9-6-12-22(16)15-7-4-3-5-8-15/h3-5,7-8,10-11,13,16,21H,2,6,9,12,14H2,1H3/t16-/m1/s1. The van der Waals surface area contributed by atoms with Gasteiger partial charge in [-0.3, -0.25) is 0 Å². The third-order valence-corrected chi connectivity index (χ3v) is 5.91. The molecule has 0 aliphatic carbocycles. The van der Waals surface area contributed by atoms with Gasteiger partial charge in [-0.05, 0) is 50.1 Å². The number of sulfonamides is 1. The predicted molar refractivity (Wildman–Crippen MR) is 99.6 cm³/mol. The van der Waals surface area contributed by atoms with Gasteiger partial charge in [0.15, 0.2) is 11.6 Å². The van der Waals surface area contributed by atoms with Crippen LogP contribution in [-0.2, 0) is 10.0 Å². The maximum atomic E-state index is 14.0. The average molecular weight is 378 g/mol. The molecular weight excluding hydrogens is 355 g/mol. The van der Waals surface area contributed by atoms with Crippen molar-refractivity contribution in [1.29, 1.82) is 0 Å². The van der Waals surface area contributed by atoms with Gasteiger partial charge >= 0.3 is 0 Å². The predicted octanol–water partition coefficient (Wildman–Crippen LogP) is 3.17. The zero-order valence-corrected chi connectivity index (χ0v) is 15.5. The molecule has 1 saturated heterocycles. The number of hydrogen-bond donors (Lipinski definition) is 1. The van der Waals surface area contributed by atoms with Crippen molar-refractivity contribution in [3.63, 3.8) is 0 Å². The van der Waals surface area contributed by atoms with E-state index in [1.54, 1.807) is 6.92 Å². The monoisotopic (exact) mass is 378 g/mol. The molecule has 0 bridgehead atoms. The first-order valence-corrected chi connectivity index (χ1v) is 10.2. The maximum absolute atomic E-state index is 14.0. The summed E-state index contributed by atoms with van der Waals surface area (Å²) in [6, 6.07) is 13.7. The van der Waals surface area contributed by atoms with E-state index in [1.165, 1.54) is 12.1 Å². The number of para-hydroxylation sites is 1. The Morgan fingerprint density at radius 3 is 2.69 bits per heavy atom. The molecule has 2 aromatic carbocycles. The number of nitrogens with zero attached hydrogens (tertiary/aromatic N) is 1. The van der Waals surface area contributed by atoms with E-state index in [-0.39, 0.29) is 23.2 Å². The van der Waals surface area contributed by atoms with E-state index in [9.17, 15) is 12.8 Å². The Kier molecular flexibility index (Phi) is 5.78. The highest BCUT2D eigenvalue weighted by Gasteiger charge is 2.26. The summed E-state index contributed by atoms with van der Waals surface area (Å²) < 4.78 is 46.7. The van der Waals surface area contributed by atoms with Gasteiger partial charge in [-0.2, -0.15) is 0 Å². The van der Waals surface area contributed by atoms with Crippen molar-refractivity contribution in [3.05, 3.63) is 54.3 Å². The summed E-state index contributed by atoms with van der Waals surface area (Å²) in [4.78, 5) is 2.11. The van der Waals surface area contributed by atoms with Crippen LogP contribution in [0.15, 0.2) is 53.4 Å². The number of rotatable bonds is 7. The van der Waals surface area contributed by atoms with Crippen LogP contribution in [0.4, 0.5) is 10.1 Å². The molecule has 1 aliphatic heterocycles. The number of hydrogen-bond acceptors (Lipinski definition) is 4. The summed E-state index contributed by atoms with van der Waals surface area (Å²) in [7, 11) is -3.78. The molecule has 26 heavy (non-hydrogen) atoms. The fourth-order valence-corrected chi connectivity index (χ4v) is 4.30. The molecule has 7 heteroatoms. The van der Waals surface area contributed by atoms with E-state index in [0.29, 0.717) is 6.61 Å². The molecule has 0 spiro atoms. The van der Waals surface area contributed by atoms with Crippen molar-refractivity contribution >= 4 is 15.7 Å². The lowest BCUT2D eigenvalue weighted by molar-refractivity contribution is 0.321. The Hall–Kier alpha value is -2.12. The number of nitrogens with one attached hydrogen (secondary N) is 1. The zero-order valence-electron chi connectivity index (χ0n) is 14.7. The van der Waals surface area contributed by atoms with Gasteiger partial charge in [-0.15, -0.1) is 0 Å². The highest BCUT2D eigenvalue weighted by molar-refractivity contribution is 7.89. The van der Waals surface area contributed by atoms with Gasteiger partial charge < -0.3 is 9.64 Å². The van der Waals surface area contributed by atoms with E-state index in [4.69, 9.17) is 4.74 Å². The Labute approximate surface area is 153 Å². The van der Waals surface area contributed by atoms with Gasteiger partial charge in [0.25, 0.3) is 0 Å². The van der Waals surface area contributed by atoms with Crippen LogP contribution in [0.1, 0.15) is 19.8 Å². The second-order valence-electron chi connectivity index (χ2n) is 6.20. The SMILES string of the molecule is CCOc1ccc(S(=O)(=O)NC[C@H]2CCCN2c2ccccc2)cc1F. The number of anilines is 1. The van der Waals surface area contributed by atoms with Crippen molar-refractivity contribution in [2.45, 2.75) is 30.7 Å². The lowest BCUT2D eigenvalue weighted by Gasteiger charge is -2.27. The second kappa shape index (κ2) is 8.05. The topological polar surface area (TPSA) is 58.6 Å². The second-order valence-corrected chi connectivity index (χ2v) is 7.97. The van der Waals surface area contributed by atoms with Crippen LogP contribution in [0.2, 0.25) is 0 Å². The van der Waals surface area contributed by atoms with Crippen LogP contribution >= 0.6 is 0 Å². The lowest BCUT2D eigenvalue weighted by Crippen LogP contribution is -2.40. The minimum Gasteiger partial charge on any atom is -0.491 e. The highest BCUT2D eigenvalue weighted by atomic mass is 32.2. The van der Waals surface area contributed by atoms with Gasteiger partial charge in [-0.25, -0.2) is 17.5 Å². The molecule has 1 N–H and O–H groups in total. The minimum atomic E-state index is -3.78. The maximum Gasteiger partial charge on any atom is 0.240 e. The molecule has 0 radical (unpaired) electrons.